The molecular weight excluding hydrogens is 220 g/mol. The van der Waals surface area contributed by atoms with Gasteiger partial charge in [-0.2, -0.15) is 0 Å². The van der Waals surface area contributed by atoms with Crippen LogP contribution in [0.4, 0.5) is 17.1 Å². The molecule has 2 N–H and O–H groups in total. The van der Waals surface area contributed by atoms with Crippen LogP contribution in [0.2, 0.25) is 0 Å². The number of benzene rings is 2. The maximum absolute atomic E-state index is 6.07. The molecule has 2 nitrogen and oxygen atoms in total. The second-order valence-electron chi connectivity index (χ2n) is 4.91. The van der Waals surface area contributed by atoms with Gasteiger partial charge in [0.05, 0.1) is 11.4 Å². The van der Waals surface area contributed by atoms with Gasteiger partial charge in [-0.1, -0.05) is 18.2 Å². The largest absolute Gasteiger partial charge is 0.397 e. The van der Waals surface area contributed by atoms with Crippen molar-refractivity contribution in [1.82, 2.24) is 0 Å². The third-order valence-corrected chi connectivity index (χ3v) is 3.27. The molecule has 0 aromatic heterocycles. The Hall–Kier alpha value is -1.96. The van der Waals surface area contributed by atoms with Crippen molar-refractivity contribution in [1.29, 1.82) is 0 Å². The zero-order valence-electron chi connectivity index (χ0n) is 11.5. The van der Waals surface area contributed by atoms with Crippen LogP contribution < -0.4 is 10.6 Å². The molecule has 0 saturated carbocycles. The summed E-state index contributed by atoms with van der Waals surface area (Å²) in [5.74, 6) is 0. The Morgan fingerprint density at radius 1 is 0.833 bits per heavy atom. The minimum absolute atomic E-state index is 0.809. The van der Waals surface area contributed by atoms with Gasteiger partial charge >= 0.3 is 0 Å². The van der Waals surface area contributed by atoms with Crippen LogP contribution in [-0.4, -0.2) is 7.05 Å². The lowest BCUT2D eigenvalue weighted by atomic mass is 10.1. The normalized spacial score (nSPS) is 10.4. The minimum Gasteiger partial charge on any atom is -0.397 e. The van der Waals surface area contributed by atoms with Gasteiger partial charge in [0.2, 0.25) is 0 Å². The second kappa shape index (κ2) is 4.73. The van der Waals surface area contributed by atoms with Crippen LogP contribution in [-0.2, 0) is 0 Å². The maximum Gasteiger partial charge on any atom is 0.0644 e. The molecule has 0 bridgehead atoms. The van der Waals surface area contributed by atoms with E-state index in [2.05, 4.69) is 57.0 Å². The highest BCUT2D eigenvalue weighted by Gasteiger charge is 2.10. The van der Waals surface area contributed by atoms with E-state index in [1.165, 1.54) is 22.4 Å². The fourth-order valence-electron chi connectivity index (χ4n) is 2.15. The van der Waals surface area contributed by atoms with Crippen LogP contribution in [0.1, 0.15) is 16.7 Å². The number of anilines is 3. The summed E-state index contributed by atoms with van der Waals surface area (Å²) >= 11 is 0. The highest BCUT2D eigenvalue weighted by atomic mass is 15.1. The van der Waals surface area contributed by atoms with E-state index in [0.29, 0.717) is 0 Å². The maximum atomic E-state index is 6.07. The van der Waals surface area contributed by atoms with Gasteiger partial charge in [-0.3, -0.25) is 0 Å². The minimum atomic E-state index is 0.809. The van der Waals surface area contributed by atoms with Crippen molar-refractivity contribution in [2.45, 2.75) is 20.8 Å². The Morgan fingerprint density at radius 2 is 1.39 bits per heavy atom. The number of hydrogen-bond acceptors (Lipinski definition) is 2. The lowest BCUT2D eigenvalue weighted by Gasteiger charge is -2.24. The number of rotatable bonds is 2. The molecule has 0 spiro atoms. The molecule has 0 radical (unpaired) electrons. The van der Waals surface area contributed by atoms with Crippen LogP contribution in [0.25, 0.3) is 0 Å². The van der Waals surface area contributed by atoms with Gasteiger partial charge in [0, 0.05) is 12.7 Å². The Balaban J connectivity index is 2.50. The van der Waals surface area contributed by atoms with Gasteiger partial charge < -0.3 is 10.6 Å². The summed E-state index contributed by atoms with van der Waals surface area (Å²) in [4.78, 5) is 2.16. The van der Waals surface area contributed by atoms with Crippen molar-refractivity contribution < 1.29 is 0 Å². The van der Waals surface area contributed by atoms with Crippen LogP contribution >= 0.6 is 0 Å². The van der Waals surface area contributed by atoms with Crippen molar-refractivity contribution in [2.24, 2.45) is 0 Å². The summed E-state index contributed by atoms with van der Waals surface area (Å²) < 4.78 is 0. The average molecular weight is 240 g/mol. The molecule has 0 aliphatic carbocycles. The quantitative estimate of drug-likeness (QED) is 0.805. The predicted octanol–water partition coefficient (Wildman–Crippen LogP) is 3.96. The van der Waals surface area contributed by atoms with Crippen molar-refractivity contribution >= 4 is 17.1 Å². The Labute approximate surface area is 109 Å². The first-order chi connectivity index (χ1) is 8.49. The molecule has 0 fully saturated rings. The van der Waals surface area contributed by atoms with Gasteiger partial charge in [-0.05, 0) is 55.7 Å². The molecule has 0 atom stereocenters. The van der Waals surface area contributed by atoms with Crippen molar-refractivity contribution in [2.75, 3.05) is 17.7 Å². The highest BCUT2D eigenvalue weighted by molar-refractivity contribution is 5.76. The zero-order chi connectivity index (χ0) is 13.3. The van der Waals surface area contributed by atoms with Crippen LogP contribution in [0.5, 0.6) is 0 Å². The first kappa shape index (κ1) is 12.5. The van der Waals surface area contributed by atoms with Gasteiger partial charge in [-0.25, -0.2) is 0 Å². The Bertz CT molecular complexity index is 522. The van der Waals surface area contributed by atoms with Gasteiger partial charge in [0.15, 0.2) is 0 Å². The summed E-state index contributed by atoms with van der Waals surface area (Å²) in [6.07, 6.45) is 0. The van der Waals surface area contributed by atoms with Crippen LogP contribution in [0.3, 0.4) is 0 Å². The van der Waals surface area contributed by atoms with E-state index in [0.717, 1.165) is 11.4 Å². The summed E-state index contributed by atoms with van der Waals surface area (Å²) in [5.41, 5.74) is 12.9. The number of hydrogen-bond donors (Lipinski definition) is 1. The Morgan fingerprint density at radius 3 is 2.06 bits per heavy atom. The molecule has 18 heavy (non-hydrogen) atoms. The van der Waals surface area contributed by atoms with E-state index in [-0.39, 0.29) is 0 Å². The fraction of sp³-hybridized carbons (Fsp3) is 0.250. The molecule has 2 heteroatoms. The monoisotopic (exact) mass is 240 g/mol. The molecule has 2 aromatic carbocycles. The number of nitrogens with two attached hydrogens (primary N) is 1. The first-order valence-corrected chi connectivity index (χ1v) is 6.16. The molecule has 0 amide bonds. The summed E-state index contributed by atoms with van der Waals surface area (Å²) in [5, 5.41) is 0. The SMILES string of the molecule is Cc1ccc(C)c(N(C)c2cc(C)ccc2N)c1. The topological polar surface area (TPSA) is 29.3 Å². The number of nitrogen functional groups attached to an aromatic ring is 1. The lowest BCUT2D eigenvalue weighted by Crippen LogP contribution is -2.13. The number of aryl methyl sites for hydroxylation is 3. The first-order valence-electron chi connectivity index (χ1n) is 6.16. The molecular formula is C16H20N2. The van der Waals surface area contributed by atoms with E-state index >= 15 is 0 Å². The van der Waals surface area contributed by atoms with Crippen molar-refractivity contribution in [3.63, 3.8) is 0 Å². The fourth-order valence-corrected chi connectivity index (χ4v) is 2.15. The van der Waals surface area contributed by atoms with E-state index < -0.39 is 0 Å². The standard InChI is InChI=1S/C16H20N2/c1-11-5-7-13(3)15(9-11)18(4)16-10-12(2)6-8-14(16)17/h5-10H,17H2,1-4H3. The highest BCUT2D eigenvalue weighted by Crippen LogP contribution is 2.32. The van der Waals surface area contributed by atoms with E-state index in [4.69, 9.17) is 5.73 Å². The second-order valence-corrected chi connectivity index (χ2v) is 4.91. The lowest BCUT2D eigenvalue weighted by molar-refractivity contribution is 1.17. The number of nitrogens with zero attached hydrogens (tertiary/aromatic N) is 1. The molecule has 94 valence electrons. The Kier molecular flexibility index (Phi) is 3.28. The van der Waals surface area contributed by atoms with Gasteiger partial charge in [0.25, 0.3) is 0 Å². The molecule has 0 saturated heterocycles. The molecule has 0 unspecified atom stereocenters. The predicted molar refractivity (Wildman–Crippen MR) is 79.6 cm³/mol. The summed E-state index contributed by atoms with van der Waals surface area (Å²) in [7, 11) is 2.06. The van der Waals surface area contributed by atoms with Gasteiger partial charge in [-0.15, -0.1) is 0 Å². The third kappa shape index (κ3) is 2.33. The molecule has 0 heterocycles. The van der Waals surface area contributed by atoms with Crippen molar-refractivity contribution in [3.8, 4) is 0 Å². The van der Waals surface area contributed by atoms with Gasteiger partial charge in [0.1, 0.15) is 0 Å². The molecule has 2 aromatic rings. The summed E-state index contributed by atoms with van der Waals surface area (Å²) in [6, 6.07) is 12.6. The smallest absolute Gasteiger partial charge is 0.0644 e. The molecule has 0 aliphatic heterocycles. The zero-order valence-corrected chi connectivity index (χ0v) is 11.5. The molecule has 2 rings (SSSR count). The van der Waals surface area contributed by atoms with E-state index in [1.807, 2.05) is 12.1 Å². The summed E-state index contributed by atoms with van der Waals surface area (Å²) in [6.45, 7) is 6.31. The van der Waals surface area contributed by atoms with Crippen LogP contribution in [0.15, 0.2) is 36.4 Å². The third-order valence-electron chi connectivity index (χ3n) is 3.27. The van der Waals surface area contributed by atoms with Crippen molar-refractivity contribution in [3.05, 3.63) is 53.1 Å². The molecule has 0 aliphatic rings. The van der Waals surface area contributed by atoms with E-state index in [9.17, 15) is 0 Å². The average Bonchev–Trinajstić information content (AvgIpc) is 2.34. The van der Waals surface area contributed by atoms with Crippen LogP contribution in [0, 0.1) is 20.8 Å². The van der Waals surface area contributed by atoms with E-state index in [1.54, 1.807) is 0 Å².